The van der Waals surface area contributed by atoms with Gasteiger partial charge in [0, 0.05) is 11.8 Å². The Morgan fingerprint density at radius 1 is 1.23 bits per heavy atom. The van der Waals surface area contributed by atoms with E-state index in [0.29, 0.717) is 38.2 Å². The molecule has 2 aromatic heterocycles. The molecule has 3 heterocycles. The number of benzene rings is 2. The van der Waals surface area contributed by atoms with E-state index in [9.17, 15) is 9.18 Å². The van der Waals surface area contributed by atoms with Crippen molar-refractivity contribution < 1.29 is 13.9 Å². The van der Waals surface area contributed by atoms with Gasteiger partial charge in [-0.1, -0.05) is 22.9 Å². The first-order chi connectivity index (χ1) is 12.6. The molecule has 2 aromatic carbocycles. The van der Waals surface area contributed by atoms with Crippen molar-refractivity contribution in [1.82, 2.24) is 14.6 Å². The van der Waals surface area contributed by atoms with Gasteiger partial charge >= 0.3 is 0 Å². The highest BCUT2D eigenvalue weighted by Crippen LogP contribution is 2.35. The van der Waals surface area contributed by atoms with Crippen LogP contribution in [0.1, 0.15) is 0 Å². The van der Waals surface area contributed by atoms with E-state index in [1.165, 1.54) is 34.1 Å². The quantitative estimate of drug-likeness (QED) is 0.564. The van der Waals surface area contributed by atoms with Crippen molar-refractivity contribution in [2.45, 2.75) is 0 Å². The molecule has 0 spiro atoms. The lowest BCUT2D eigenvalue weighted by molar-refractivity contribution is 0.174. The Labute approximate surface area is 153 Å². The van der Waals surface area contributed by atoms with Gasteiger partial charge in [0.05, 0.1) is 15.9 Å². The summed E-state index contributed by atoms with van der Waals surface area (Å²) >= 11 is 6.97. The largest absolute Gasteiger partial charge is 0.454 e. The minimum Gasteiger partial charge on any atom is -0.454 e. The van der Waals surface area contributed by atoms with E-state index in [1.54, 1.807) is 12.1 Å². The van der Waals surface area contributed by atoms with Crippen molar-refractivity contribution >= 4 is 49.6 Å². The molecular weight excluding hydrogens is 383 g/mol. The van der Waals surface area contributed by atoms with Gasteiger partial charge in [-0.25, -0.2) is 9.37 Å². The first-order valence-corrected chi connectivity index (χ1v) is 8.63. The number of fused-ring (bicyclic) bond motifs is 3. The number of nitrogens with one attached hydrogen (secondary N) is 1. The summed E-state index contributed by atoms with van der Waals surface area (Å²) in [6, 6.07) is 7.49. The van der Waals surface area contributed by atoms with Gasteiger partial charge in [0.15, 0.2) is 11.5 Å². The van der Waals surface area contributed by atoms with Gasteiger partial charge in [0.2, 0.25) is 16.9 Å². The molecule has 0 atom stereocenters. The normalized spacial score (nSPS) is 12.8. The first kappa shape index (κ1) is 15.4. The van der Waals surface area contributed by atoms with Gasteiger partial charge < -0.3 is 14.8 Å². The van der Waals surface area contributed by atoms with E-state index >= 15 is 0 Å². The third-order valence-electron chi connectivity index (χ3n) is 3.86. The predicted octanol–water partition coefficient (Wildman–Crippen LogP) is 3.57. The SMILES string of the molecule is O=c1c2cc3c(cc2nc2sc(Nc4ccc(F)c(Cl)c4)nn12)OCO3. The van der Waals surface area contributed by atoms with E-state index < -0.39 is 5.82 Å². The molecule has 7 nitrogen and oxygen atoms in total. The average molecular weight is 391 g/mol. The van der Waals surface area contributed by atoms with Crippen molar-refractivity contribution in [3.63, 3.8) is 0 Å². The van der Waals surface area contributed by atoms with Crippen LogP contribution in [0.5, 0.6) is 11.5 Å². The lowest BCUT2D eigenvalue weighted by Crippen LogP contribution is -2.15. The monoisotopic (exact) mass is 390 g/mol. The molecule has 0 fully saturated rings. The summed E-state index contributed by atoms with van der Waals surface area (Å²) < 4.78 is 25.1. The van der Waals surface area contributed by atoms with Crippen molar-refractivity contribution in [3.05, 3.63) is 51.5 Å². The third-order valence-corrected chi connectivity index (χ3v) is 4.97. The Bertz CT molecular complexity index is 1260. The Kier molecular flexibility index (Phi) is 3.28. The maximum Gasteiger partial charge on any atom is 0.283 e. The van der Waals surface area contributed by atoms with Crippen molar-refractivity contribution in [2.24, 2.45) is 0 Å². The van der Waals surface area contributed by atoms with E-state index in [0.717, 1.165) is 0 Å². The van der Waals surface area contributed by atoms with Crippen LogP contribution < -0.4 is 20.3 Å². The zero-order valence-electron chi connectivity index (χ0n) is 12.8. The van der Waals surface area contributed by atoms with Crippen LogP contribution in [0.4, 0.5) is 15.2 Å². The van der Waals surface area contributed by atoms with E-state index in [-0.39, 0.29) is 17.4 Å². The molecule has 10 heteroatoms. The van der Waals surface area contributed by atoms with Crippen LogP contribution in [-0.2, 0) is 0 Å². The number of hydrogen-bond acceptors (Lipinski definition) is 7. The fourth-order valence-corrected chi connectivity index (χ4v) is 3.65. The van der Waals surface area contributed by atoms with Gasteiger partial charge in [0.1, 0.15) is 5.82 Å². The highest BCUT2D eigenvalue weighted by molar-refractivity contribution is 7.20. The minimum absolute atomic E-state index is 0.00772. The summed E-state index contributed by atoms with van der Waals surface area (Å²) in [7, 11) is 0. The summed E-state index contributed by atoms with van der Waals surface area (Å²) in [5.41, 5.74) is 0.734. The Morgan fingerprint density at radius 2 is 2.04 bits per heavy atom. The molecule has 4 aromatic rings. The van der Waals surface area contributed by atoms with Crippen molar-refractivity contribution in [2.75, 3.05) is 12.1 Å². The molecular formula is C16H8ClFN4O3S. The molecule has 0 radical (unpaired) electrons. The molecule has 0 amide bonds. The molecule has 0 saturated heterocycles. The van der Waals surface area contributed by atoms with Gasteiger partial charge in [0.25, 0.3) is 5.56 Å². The minimum atomic E-state index is -0.511. The fraction of sp³-hybridized carbons (Fsp3) is 0.0625. The molecule has 26 heavy (non-hydrogen) atoms. The zero-order valence-corrected chi connectivity index (χ0v) is 14.4. The molecule has 0 aliphatic carbocycles. The number of aromatic nitrogens is 3. The van der Waals surface area contributed by atoms with Gasteiger partial charge in [-0.15, -0.1) is 5.10 Å². The highest BCUT2D eigenvalue weighted by Gasteiger charge is 2.18. The maximum atomic E-state index is 13.3. The number of hydrogen-bond donors (Lipinski definition) is 1. The second-order valence-corrected chi connectivity index (χ2v) is 6.86. The number of anilines is 2. The lowest BCUT2D eigenvalue weighted by Gasteiger charge is -2.02. The predicted molar refractivity (Wildman–Crippen MR) is 95.5 cm³/mol. The average Bonchev–Trinajstić information content (AvgIpc) is 3.23. The van der Waals surface area contributed by atoms with E-state index in [2.05, 4.69) is 15.4 Å². The van der Waals surface area contributed by atoms with Crippen LogP contribution in [0, 0.1) is 5.82 Å². The molecule has 0 saturated carbocycles. The number of nitrogens with zero attached hydrogens (tertiary/aromatic N) is 3. The highest BCUT2D eigenvalue weighted by atomic mass is 35.5. The van der Waals surface area contributed by atoms with Crippen LogP contribution in [0.25, 0.3) is 15.9 Å². The number of halogens is 2. The molecule has 1 N–H and O–H groups in total. The summed E-state index contributed by atoms with van der Waals surface area (Å²) in [5.74, 6) is 0.548. The van der Waals surface area contributed by atoms with E-state index in [4.69, 9.17) is 21.1 Å². The molecule has 0 unspecified atom stereocenters. The Hall–Kier alpha value is -2.91. The third kappa shape index (κ3) is 2.36. The van der Waals surface area contributed by atoms with Crippen LogP contribution in [0.3, 0.4) is 0 Å². The summed E-state index contributed by atoms with van der Waals surface area (Å²) in [4.78, 5) is 17.6. The maximum absolute atomic E-state index is 13.3. The molecule has 5 rings (SSSR count). The lowest BCUT2D eigenvalue weighted by atomic mass is 10.2. The van der Waals surface area contributed by atoms with Crippen LogP contribution in [0.2, 0.25) is 5.02 Å². The van der Waals surface area contributed by atoms with Crippen LogP contribution >= 0.6 is 22.9 Å². The topological polar surface area (TPSA) is 77.8 Å². The van der Waals surface area contributed by atoms with Gasteiger partial charge in [-0.05, 0) is 24.3 Å². The molecule has 1 aliphatic heterocycles. The second kappa shape index (κ2) is 5.55. The van der Waals surface area contributed by atoms with Crippen molar-refractivity contribution in [3.8, 4) is 11.5 Å². The molecule has 1 aliphatic rings. The van der Waals surface area contributed by atoms with Gasteiger partial charge in [-0.3, -0.25) is 4.79 Å². The number of rotatable bonds is 2. The number of ether oxygens (including phenoxy) is 2. The molecule has 130 valence electrons. The zero-order chi connectivity index (χ0) is 17.8. The smallest absolute Gasteiger partial charge is 0.283 e. The van der Waals surface area contributed by atoms with Crippen LogP contribution in [0.15, 0.2) is 35.1 Å². The second-order valence-electron chi connectivity index (χ2n) is 5.50. The van der Waals surface area contributed by atoms with Crippen molar-refractivity contribution in [1.29, 1.82) is 0 Å². The fourth-order valence-electron chi connectivity index (χ4n) is 2.65. The summed E-state index contributed by atoms with van der Waals surface area (Å²) in [6.45, 7) is 0.119. The van der Waals surface area contributed by atoms with Gasteiger partial charge in [-0.2, -0.15) is 4.52 Å². The first-order valence-electron chi connectivity index (χ1n) is 7.44. The van der Waals surface area contributed by atoms with Crippen LogP contribution in [-0.4, -0.2) is 21.4 Å². The Morgan fingerprint density at radius 3 is 2.85 bits per heavy atom. The molecule has 0 bridgehead atoms. The standard InChI is InChI=1S/C16H8ClFN4O3S/c17-9-3-7(1-2-10(9)18)19-15-21-22-14(23)8-4-12-13(25-6-24-12)5-11(8)20-16(22)26-15/h1-5H,6H2,(H,19,21). The summed E-state index contributed by atoms with van der Waals surface area (Å²) in [6.07, 6.45) is 0. The summed E-state index contributed by atoms with van der Waals surface area (Å²) in [5, 5.41) is 8.04. The Balaban J connectivity index is 1.62. The van der Waals surface area contributed by atoms with E-state index in [1.807, 2.05) is 0 Å².